The Morgan fingerprint density at radius 2 is 1.90 bits per heavy atom. The van der Waals surface area contributed by atoms with Crippen LogP contribution in [0.3, 0.4) is 0 Å². The van der Waals surface area contributed by atoms with Crippen LogP contribution in [0, 0.1) is 0 Å². The Morgan fingerprint density at radius 3 is 2.86 bits per heavy atom. The van der Waals surface area contributed by atoms with Crippen LogP contribution in [0.1, 0.15) is 0 Å². The first-order valence-corrected chi connectivity index (χ1v) is 6.74. The highest BCUT2D eigenvalue weighted by atomic mass is 35.5. The molecule has 0 aliphatic heterocycles. The first-order valence-electron chi connectivity index (χ1n) is 6.36. The van der Waals surface area contributed by atoms with Gasteiger partial charge in [0, 0.05) is 17.8 Å². The number of ether oxygens (including phenoxy) is 1. The highest BCUT2D eigenvalue weighted by molar-refractivity contribution is 6.35. The summed E-state index contributed by atoms with van der Waals surface area (Å²) >= 11 is 6.16. The molecule has 5 heteroatoms. The number of halogens is 1. The Morgan fingerprint density at radius 1 is 0.952 bits per heavy atom. The lowest BCUT2D eigenvalue weighted by Crippen LogP contribution is -1.90. The second-order valence-electron chi connectivity index (χ2n) is 4.50. The first-order chi connectivity index (χ1) is 10.3. The molecule has 0 spiro atoms. The van der Waals surface area contributed by atoms with E-state index in [0.29, 0.717) is 22.2 Å². The fraction of sp³-hybridized carbons (Fsp3) is 0. The molecule has 21 heavy (non-hydrogen) atoms. The second kappa shape index (κ2) is 4.75. The van der Waals surface area contributed by atoms with E-state index in [4.69, 9.17) is 20.8 Å². The van der Waals surface area contributed by atoms with Crippen molar-refractivity contribution in [3.63, 3.8) is 0 Å². The predicted octanol–water partition coefficient (Wildman–Crippen LogP) is 4.82. The van der Waals surface area contributed by atoms with Gasteiger partial charge in [-0.3, -0.25) is 4.98 Å². The van der Waals surface area contributed by atoms with Gasteiger partial charge >= 0.3 is 0 Å². The van der Waals surface area contributed by atoms with Crippen LogP contribution in [-0.2, 0) is 0 Å². The minimum absolute atomic E-state index is 0.494. The van der Waals surface area contributed by atoms with Gasteiger partial charge in [0.15, 0.2) is 0 Å². The highest BCUT2D eigenvalue weighted by Gasteiger charge is 2.11. The number of hydrogen-bond acceptors (Lipinski definition) is 4. The van der Waals surface area contributed by atoms with Crippen LogP contribution in [0.2, 0.25) is 5.02 Å². The fourth-order valence-corrected chi connectivity index (χ4v) is 2.47. The predicted molar refractivity (Wildman–Crippen MR) is 80.8 cm³/mol. The Bertz CT molecular complexity index is 949. The van der Waals surface area contributed by atoms with Crippen molar-refractivity contribution in [2.75, 3.05) is 0 Å². The zero-order chi connectivity index (χ0) is 14.2. The van der Waals surface area contributed by atoms with Crippen LogP contribution in [0.15, 0.2) is 59.5 Å². The molecular weight excluding hydrogens is 288 g/mol. The van der Waals surface area contributed by atoms with Crippen molar-refractivity contribution in [3.8, 4) is 11.6 Å². The third kappa shape index (κ3) is 2.00. The molecule has 3 heterocycles. The molecule has 1 aromatic carbocycles. The number of nitrogens with zero attached hydrogens (tertiary/aromatic N) is 2. The molecule has 4 rings (SSSR count). The molecule has 0 radical (unpaired) electrons. The van der Waals surface area contributed by atoms with Gasteiger partial charge < -0.3 is 9.15 Å². The first kappa shape index (κ1) is 12.2. The lowest BCUT2D eigenvalue weighted by Gasteiger charge is -2.09. The van der Waals surface area contributed by atoms with Gasteiger partial charge in [-0.15, -0.1) is 0 Å². The summed E-state index contributed by atoms with van der Waals surface area (Å²) < 4.78 is 11.3. The van der Waals surface area contributed by atoms with Crippen LogP contribution in [0.4, 0.5) is 0 Å². The maximum Gasteiger partial charge on any atom is 0.230 e. The van der Waals surface area contributed by atoms with E-state index in [0.717, 1.165) is 16.4 Å². The number of rotatable bonds is 2. The number of aromatic nitrogens is 2. The number of pyridine rings is 2. The third-order valence-corrected chi connectivity index (χ3v) is 3.54. The fourth-order valence-electron chi connectivity index (χ4n) is 2.26. The van der Waals surface area contributed by atoms with Crippen LogP contribution in [0.5, 0.6) is 11.6 Å². The number of hydrogen-bond donors (Lipinski definition) is 0. The SMILES string of the molecule is Clc1ccc(Oc2nccc3occc23)c2cccnc12. The summed E-state index contributed by atoms with van der Waals surface area (Å²) in [5.41, 5.74) is 1.44. The van der Waals surface area contributed by atoms with Crippen molar-refractivity contribution in [3.05, 3.63) is 60.1 Å². The van der Waals surface area contributed by atoms with E-state index in [9.17, 15) is 0 Å². The molecule has 0 aliphatic rings. The number of furan rings is 1. The van der Waals surface area contributed by atoms with E-state index >= 15 is 0 Å². The largest absolute Gasteiger partial charge is 0.464 e. The van der Waals surface area contributed by atoms with Crippen molar-refractivity contribution < 1.29 is 9.15 Å². The lowest BCUT2D eigenvalue weighted by molar-refractivity contribution is 0.474. The summed E-state index contributed by atoms with van der Waals surface area (Å²) in [5.74, 6) is 1.15. The molecule has 4 nitrogen and oxygen atoms in total. The van der Waals surface area contributed by atoms with Crippen molar-refractivity contribution in [2.24, 2.45) is 0 Å². The quantitative estimate of drug-likeness (QED) is 0.532. The van der Waals surface area contributed by atoms with Crippen molar-refractivity contribution >= 4 is 33.5 Å². The Hall–Kier alpha value is -2.59. The van der Waals surface area contributed by atoms with Crippen LogP contribution >= 0.6 is 11.6 Å². The molecule has 0 atom stereocenters. The minimum Gasteiger partial charge on any atom is -0.464 e. The average molecular weight is 297 g/mol. The van der Waals surface area contributed by atoms with E-state index in [2.05, 4.69) is 9.97 Å². The van der Waals surface area contributed by atoms with E-state index in [1.54, 1.807) is 30.8 Å². The standard InChI is InChI=1S/C16H9ClN2O2/c17-12-3-4-14(10-2-1-7-18-15(10)12)21-16-11-6-9-20-13(11)5-8-19-16/h1-9H. The molecule has 0 saturated carbocycles. The summed E-state index contributed by atoms with van der Waals surface area (Å²) in [5, 5.41) is 2.25. The van der Waals surface area contributed by atoms with Gasteiger partial charge in [0.2, 0.25) is 5.88 Å². The van der Waals surface area contributed by atoms with E-state index in [1.807, 2.05) is 24.3 Å². The molecule has 0 amide bonds. The molecular formula is C16H9ClN2O2. The maximum absolute atomic E-state index is 6.16. The maximum atomic E-state index is 6.16. The molecule has 0 N–H and O–H groups in total. The van der Waals surface area contributed by atoms with Gasteiger partial charge in [-0.25, -0.2) is 4.98 Å². The summed E-state index contributed by atoms with van der Waals surface area (Å²) in [6, 6.07) is 11.0. The van der Waals surface area contributed by atoms with Crippen LogP contribution in [-0.4, -0.2) is 9.97 Å². The van der Waals surface area contributed by atoms with E-state index in [-0.39, 0.29) is 0 Å². The van der Waals surface area contributed by atoms with Gasteiger partial charge in [0.1, 0.15) is 11.3 Å². The monoisotopic (exact) mass is 296 g/mol. The Balaban J connectivity index is 1.88. The van der Waals surface area contributed by atoms with Crippen molar-refractivity contribution in [1.29, 1.82) is 0 Å². The van der Waals surface area contributed by atoms with Gasteiger partial charge in [-0.2, -0.15) is 0 Å². The molecule has 0 aliphatic carbocycles. The Labute approximate surface area is 125 Å². The Kier molecular flexibility index (Phi) is 2.75. The van der Waals surface area contributed by atoms with E-state index < -0.39 is 0 Å². The normalized spacial score (nSPS) is 11.1. The van der Waals surface area contributed by atoms with Crippen LogP contribution < -0.4 is 4.74 Å². The van der Waals surface area contributed by atoms with Crippen LogP contribution in [0.25, 0.3) is 21.9 Å². The second-order valence-corrected chi connectivity index (χ2v) is 4.90. The summed E-state index contributed by atoms with van der Waals surface area (Å²) in [7, 11) is 0. The smallest absolute Gasteiger partial charge is 0.230 e. The molecule has 0 fully saturated rings. The molecule has 0 unspecified atom stereocenters. The number of fused-ring (bicyclic) bond motifs is 2. The molecule has 4 aromatic rings. The number of benzene rings is 1. The molecule has 102 valence electrons. The summed E-state index contributed by atoms with van der Waals surface area (Å²) in [6.45, 7) is 0. The van der Waals surface area contributed by atoms with Gasteiger partial charge in [-0.1, -0.05) is 11.6 Å². The van der Waals surface area contributed by atoms with Crippen molar-refractivity contribution in [1.82, 2.24) is 9.97 Å². The third-order valence-electron chi connectivity index (χ3n) is 3.23. The van der Waals surface area contributed by atoms with Crippen molar-refractivity contribution in [2.45, 2.75) is 0 Å². The molecule has 0 bridgehead atoms. The minimum atomic E-state index is 0.494. The van der Waals surface area contributed by atoms with Gasteiger partial charge in [0.25, 0.3) is 0 Å². The average Bonchev–Trinajstić information content (AvgIpc) is 3.00. The van der Waals surface area contributed by atoms with Gasteiger partial charge in [0.05, 0.1) is 22.2 Å². The summed E-state index contributed by atoms with van der Waals surface area (Å²) in [4.78, 5) is 8.55. The highest BCUT2D eigenvalue weighted by Crippen LogP contribution is 2.34. The lowest BCUT2D eigenvalue weighted by atomic mass is 10.2. The van der Waals surface area contributed by atoms with E-state index in [1.165, 1.54) is 0 Å². The molecule has 3 aromatic heterocycles. The zero-order valence-corrected chi connectivity index (χ0v) is 11.5. The molecule has 0 saturated heterocycles. The van der Waals surface area contributed by atoms with Gasteiger partial charge in [-0.05, 0) is 36.4 Å². The topological polar surface area (TPSA) is 48.2 Å². The summed E-state index contributed by atoms with van der Waals surface area (Å²) in [6.07, 6.45) is 4.96. The zero-order valence-electron chi connectivity index (χ0n) is 10.8.